The van der Waals surface area contributed by atoms with Gasteiger partial charge in [0, 0.05) is 13.0 Å². The van der Waals surface area contributed by atoms with E-state index in [0.717, 1.165) is 61.2 Å². The molecular weight excluding hydrogens is 566 g/mol. The van der Waals surface area contributed by atoms with Crippen LogP contribution < -0.4 is 5.73 Å². The second-order valence-corrected chi connectivity index (χ2v) is 17.4. The maximum Gasteiger partial charge on any atom is 0.306 e. The highest BCUT2D eigenvalue weighted by atomic mass is 16.6. The molecule has 46 heavy (non-hydrogen) atoms. The van der Waals surface area contributed by atoms with Crippen molar-refractivity contribution in [2.24, 2.45) is 52.1 Å². The van der Waals surface area contributed by atoms with Gasteiger partial charge in [0.25, 0.3) is 0 Å². The number of allylic oxidation sites excluding steroid dienone is 1. The van der Waals surface area contributed by atoms with Crippen LogP contribution in [0.15, 0.2) is 11.6 Å². The lowest BCUT2D eigenvalue weighted by atomic mass is 9.47. The van der Waals surface area contributed by atoms with E-state index in [2.05, 4.69) is 47.6 Å². The largest absolute Gasteiger partial charge is 0.459 e. The Bertz CT molecular complexity index is 945. The molecule has 4 rings (SSSR count). The lowest BCUT2D eigenvalue weighted by Gasteiger charge is -2.58. The maximum absolute atomic E-state index is 12.5. The molecule has 5 unspecified atom stereocenters. The van der Waals surface area contributed by atoms with Gasteiger partial charge in [-0.05, 0) is 104 Å². The van der Waals surface area contributed by atoms with Gasteiger partial charge in [-0.25, -0.2) is 0 Å². The number of fused-ring (bicyclic) bond motifs is 5. The van der Waals surface area contributed by atoms with Crippen LogP contribution in [0, 0.1) is 46.3 Å². The van der Waals surface area contributed by atoms with Crippen LogP contribution in [0.4, 0.5) is 0 Å². The van der Waals surface area contributed by atoms with Crippen molar-refractivity contribution in [1.82, 2.24) is 0 Å². The minimum Gasteiger partial charge on any atom is -0.459 e. The lowest BCUT2D eigenvalue weighted by molar-refractivity contribution is -0.153. The average Bonchev–Trinajstić information content (AvgIpc) is 3.39. The minimum atomic E-state index is -0.330. The summed E-state index contributed by atoms with van der Waals surface area (Å²) in [5, 5.41) is 0. The van der Waals surface area contributed by atoms with Gasteiger partial charge in [-0.2, -0.15) is 0 Å². The Labute approximate surface area is 285 Å². The van der Waals surface area contributed by atoms with Gasteiger partial charge in [-0.3, -0.25) is 4.79 Å². The van der Waals surface area contributed by atoms with Crippen LogP contribution in [-0.2, 0) is 14.3 Å². The monoisotopic (exact) mass is 642 g/mol. The topological polar surface area (TPSA) is 61.5 Å². The van der Waals surface area contributed by atoms with Crippen molar-refractivity contribution in [2.45, 2.75) is 189 Å². The first-order chi connectivity index (χ1) is 22.1. The zero-order valence-corrected chi connectivity index (χ0v) is 31.3. The number of ether oxygens (including phenoxy) is 2. The lowest BCUT2D eigenvalue weighted by Crippen LogP contribution is -2.51. The molecule has 9 atom stereocenters. The highest BCUT2D eigenvalue weighted by molar-refractivity contribution is 5.69. The maximum atomic E-state index is 12.5. The fourth-order valence-electron chi connectivity index (χ4n) is 11.0. The van der Waals surface area contributed by atoms with Crippen LogP contribution in [0.2, 0.25) is 0 Å². The van der Waals surface area contributed by atoms with E-state index in [1.165, 1.54) is 103 Å². The summed E-state index contributed by atoms with van der Waals surface area (Å²) in [4.78, 5) is 12.5. The van der Waals surface area contributed by atoms with Gasteiger partial charge in [-0.15, -0.1) is 0 Å². The summed E-state index contributed by atoms with van der Waals surface area (Å²) in [6, 6.07) is 0. The van der Waals surface area contributed by atoms with Crippen LogP contribution in [-0.4, -0.2) is 31.3 Å². The van der Waals surface area contributed by atoms with E-state index in [9.17, 15) is 4.79 Å². The summed E-state index contributed by atoms with van der Waals surface area (Å²) in [6.07, 6.45) is 28.9. The van der Waals surface area contributed by atoms with Gasteiger partial charge >= 0.3 is 5.97 Å². The zero-order chi connectivity index (χ0) is 33.2. The van der Waals surface area contributed by atoms with E-state index in [1.54, 1.807) is 5.57 Å². The summed E-state index contributed by atoms with van der Waals surface area (Å²) in [6.45, 7) is 15.7. The van der Waals surface area contributed by atoms with Gasteiger partial charge in [-0.1, -0.05) is 124 Å². The number of nitrogens with two attached hydrogens (primary N) is 1. The second-order valence-electron chi connectivity index (χ2n) is 17.4. The van der Waals surface area contributed by atoms with E-state index in [1.807, 2.05) is 0 Å². The van der Waals surface area contributed by atoms with Gasteiger partial charge in [0.1, 0.15) is 6.10 Å². The van der Waals surface area contributed by atoms with Crippen molar-refractivity contribution in [3.63, 3.8) is 0 Å². The molecule has 0 amide bonds. The second kappa shape index (κ2) is 18.2. The molecule has 0 aliphatic heterocycles. The van der Waals surface area contributed by atoms with E-state index in [0.29, 0.717) is 30.4 Å². The van der Waals surface area contributed by atoms with Crippen LogP contribution in [0.1, 0.15) is 176 Å². The molecule has 2 N–H and O–H groups in total. The molecule has 0 radical (unpaired) electrons. The molecule has 4 aliphatic rings. The smallest absolute Gasteiger partial charge is 0.306 e. The first-order valence-corrected chi connectivity index (χ1v) is 20.3. The molecule has 4 aliphatic carbocycles. The third kappa shape index (κ3) is 9.64. The molecule has 3 saturated carbocycles. The number of hydrogen-bond donors (Lipinski definition) is 1. The van der Waals surface area contributed by atoms with E-state index in [-0.39, 0.29) is 18.2 Å². The minimum absolute atomic E-state index is 0.109. The van der Waals surface area contributed by atoms with Crippen molar-refractivity contribution in [2.75, 3.05) is 13.2 Å². The van der Waals surface area contributed by atoms with Crippen molar-refractivity contribution in [3.05, 3.63) is 11.6 Å². The molecule has 0 aromatic heterocycles. The Balaban J connectivity index is 1.20. The molecule has 3 fully saturated rings. The predicted octanol–water partition coefficient (Wildman–Crippen LogP) is 11.2. The van der Waals surface area contributed by atoms with E-state index >= 15 is 0 Å². The van der Waals surface area contributed by atoms with Crippen molar-refractivity contribution >= 4 is 5.97 Å². The normalized spacial score (nSPS) is 33.6. The molecular formula is C42H75NO3. The SMILES string of the molecule is CCCCCCCCCCCC(=O)OC(CN)COC1CC[C@@]2(C)C(=CCC3C2CC[C@@]2(C)C3CC[C@@H]2[C@H](C)CCCC(C)C)C1. The standard InChI is InChI=1S/C42H75NO3/c1-7-8-9-10-11-12-13-14-15-19-40(44)46-35(29-43)30-45-34-24-26-41(5)33(28-34)20-21-36-38-23-22-37(32(4)18-16-17-31(2)3)42(38,6)27-25-39(36)41/h20,31-32,34-39H,7-19,21-30,43H2,1-6H3/t32-,34?,35?,36?,37-,38?,39?,41+,42-/m1/s1. The summed E-state index contributed by atoms with van der Waals surface area (Å²) in [5.74, 6) is 5.12. The van der Waals surface area contributed by atoms with Crippen LogP contribution >= 0.6 is 0 Å². The van der Waals surface area contributed by atoms with Crippen LogP contribution in [0.5, 0.6) is 0 Å². The Morgan fingerprint density at radius 3 is 2.30 bits per heavy atom. The Morgan fingerprint density at radius 2 is 1.61 bits per heavy atom. The van der Waals surface area contributed by atoms with Gasteiger partial charge in [0.2, 0.25) is 0 Å². The molecule has 0 bridgehead atoms. The summed E-state index contributed by atoms with van der Waals surface area (Å²) >= 11 is 0. The number of rotatable bonds is 20. The number of hydrogen-bond acceptors (Lipinski definition) is 4. The number of carbonyl (C=O) groups excluding carboxylic acids is 1. The molecule has 4 nitrogen and oxygen atoms in total. The predicted molar refractivity (Wildman–Crippen MR) is 194 cm³/mol. The van der Waals surface area contributed by atoms with Crippen molar-refractivity contribution in [3.8, 4) is 0 Å². The van der Waals surface area contributed by atoms with Crippen molar-refractivity contribution in [1.29, 1.82) is 0 Å². The van der Waals surface area contributed by atoms with Gasteiger partial charge in [0.15, 0.2) is 0 Å². The number of carbonyl (C=O) groups is 1. The number of unbranched alkanes of at least 4 members (excludes halogenated alkanes) is 8. The molecule has 0 aromatic rings. The first-order valence-electron chi connectivity index (χ1n) is 20.3. The van der Waals surface area contributed by atoms with Gasteiger partial charge < -0.3 is 15.2 Å². The fraction of sp³-hybridized carbons (Fsp3) is 0.929. The molecule has 266 valence electrons. The summed E-state index contributed by atoms with van der Waals surface area (Å²) in [5.41, 5.74) is 8.57. The molecule has 0 spiro atoms. The number of esters is 1. The molecule has 0 saturated heterocycles. The average molecular weight is 642 g/mol. The van der Waals surface area contributed by atoms with E-state index in [4.69, 9.17) is 15.2 Å². The molecule has 4 heteroatoms. The highest BCUT2D eigenvalue weighted by Gasteiger charge is 2.59. The third-order valence-corrected chi connectivity index (χ3v) is 13.8. The van der Waals surface area contributed by atoms with Crippen LogP contribution in [0.25, 0.3) is 0 Å². The third-order valence-electron chi connectivity index (χ3n) is 13.8. The van der Waals surface area contributed by atoms with Gasteiger partial charge in [0.05, 0.1) is 12.7 Å². The van der Waals surface area contributed by atoms with E-state index < -0.39 is 0 Å². The highest BCUT2D eigenvalue weighted by Crippen LogP contribution is 2.67. The molecule has 0 heterocycles. The Morgan fingerprint density at radius 1 is 0.891 bits per heavy atom. The van der Waals surface area contributed by atoms with Crippen molar-refractivity contribution < 1.29 is 14.3 Å². The summed E-state index contributed by atoms with van der Waals surface area (Å²) in [7, 11) is 0. The zero-order valence-electron chi connectivity index (χ0n) is 31.3. The fourth-order valence-corrected chi connectivity index (χ4v) is 11.0. The van der Waals surface area contributed by atoms with Crippen LogP contribution in [0.3, 0.4) is 0 Å². The quantitative estimate of drug-likeness (QED) is 0.0816. The molecule has 0 aromatic carbocycles. The first kappa shape index (κ1) is 37.9. The Kier molecular flexibility index (Phi) is 15.0. The summed E-state index contributed by atoms with van der Waals surface area (Å²) < 4.78 is 12.2. The Hall–Kier alpha value is -0.870.